The van der Waals surface area contributed by atoms with E-state index < -0.39 is 0 Å². The molecule has 0 aliphatic carbocycles. The second-order valence-electron chi connectivity index (χ2n) is 5.49. The van der Waals surface area contributed by atoms with Crippen molar-refractivity contribution in [1.29, 1.82) is 0 Å². The molecule has 3 N–H and O–H groups in total. The van der Waals surface area contributed by atoms with E-state index in [0.717, 1.165) is 17.7 Å². The van der Waals surface area contributed by atoms with E-state index in [9.17, 15) is 4.79 Å². The Balaban J connectivity index is 2.33. The molecule has 0 saturated heterocycles. The number of hydrazine groups is 1. The summed E-state index contributed by atoms with van der Waals surface area (Å²) >= 11 is 0. The number of unbranched alkanes of at least 4 members (excludes halogenated alkanes) is 1. The van der Waals surface area contributed by atoms with Crippen LogP contribution in [-0.4, -0.2) is 12.5 Å². The smallest absolute Gasteiger partial charge is 0.238 e. The van der Waals surface area contributed by atoms with E-state index in [0.29, 0.717) is 18.9 Å². The number of benzene rings is 1. The van der Waals surface area contributed by atoms with Crippen molar-refractivity contribution in [2.75, 3.05) is 6.61 Å². The molecule has 21 heavy (non-hydrogen) atoms. The highest BCUT2D eigenvalue weighted by atomic mass is 16.5. The minimum absolute atomic E-state index is 0.180. The van der Waals surface area contributed by atoms with Crippen LogP contribution in [0, 0.1) is 5.92 Å². The van der Waals surface area contributed by atoms with E-state index >= 15 is 0 Å². The summed E-state index contributed by atoms with van der Waals surface area (Å²) in [7, 11) is 0. The maximum absolute atomic E-state index is 11.2. The first kappa shape index (κ1) is 17.7. The lowest BCUT2D eigenvalue weighted by Crippen LogP contribution is -2.31. The number of ether oxygens (including phenoxy) is 1. The Morgan fingerprint density at radius 3 is 2.48 bits per heavy atom. The Labute approximate surface area is 128 Å². The number of nitrogens with two attached hydrogens (primary N) is 1. The lowest BCUT2D eigenvalue weighted by molar-refractivity contribution is -0.120. The average molecular weight is 292 g/mol. The number of carbonyl (C=O) groups excluding carboxylic acids is 1. The van der Waals surface area contributed by atoms with Crippen LogP contribution in [0.2, 0.25) is 0 Å². The summed E-state index contributed by atoms with van der Waals surface area (Å²) in [5, 5.41) is 0. The van der Waals surface area contributed by atoms with Crippen molar-refractivity contribution in [2.45, 2.75) is 52.6 Å². The van der Waals surface area contributed by atoms with E-state index in [2.05, 4.69) is 19.3 Å². The molecule has 0 bridgehead atoms. The first-order valence-corrected chi connectivity index (χ1v) is 7.84. The van der Waals surface area contributed by atoms with Gasteiger partial charge in [0.2, 0.25) is 5.91 Å². The van der Waals surface area contributed by atoms with Crippen molar-refractivity contribution in [3.63, 3.8) is 0 Å². The molecule has 0 fully saturated rings. The van der Waals surface area contributed by atoms with Crippen LogP contribution in [0.1, 0.15) is 50.7 Å². The standard InChI is InChI=1S/C17H28N2O2/c1-3-5-6-14(4-2)12-21-13-16-9-7-15(8-10-16)11-17(20)19-18/h7-10,14H,3-6,11-13,18H2,1-2H3,(H,19,20). The molecule has 4 heteroatoms. The second kappa shape index (κ2) is 10.4. The van der Waals surface area contributed by atoms with Gasteiger partial charge in [0.1, 0.15) is 0 Å². The molecule has 1 unspecified atom stereocenters. The molecule has 4 nitrogen and oxygen atoms in total. The maximum Gasteiger partial charge on any atom is 0.238 e. The summed E-state index contributed by atoms with van der Waals surface area (Å²) in [5.74, 6) is 5.56. The Bertz CT molecular complexity index is 404. The summed E-state index contributed by atoms with van der Waals surface area (Å²) in [6.45, 7) is 5.90. The minimum Gasteiger partial charge on any atom is -0.376 e. The van der Waals surface area contributed by atoms with Crippen molar-refractivity contribution in [2.24, 2.45) is 11.8 Å². The van der Waals surface area contributed by atoms with Gasteiger partial charge in [-0.2, -0.15) is 0 Å². The third-order valence-corrected chi connectivity index (χ3v) is 3.71. The molecular formula is C17H28N2O2. The Kier molecular flexibility index (Phi) is 8.71. The van der Waals surface area contributed by atoms with Gasteiger partial charge in [-0.15, -0.1) is 0 Å². The number of amides is 1. The number of rotatable bonds is 10. The zero-order valence-corrected chi connectivity index (χ0v) is 13.2. The summed E-state index contributed by atoms with van der Waals surface area (Å²) in [6, 6.07) is 7.91. The van der Waals surface area contributed by atoms with Gasteiger partial charge in [0, 0.05) is 6.61 Å². The molecule has 0 radical (unpaired) electrons. The number of hydrogen-bond acceptors (Lipinski definition) is 3. The molecule has 118 valence electrons. The number of carbonyl (C=O) groups is 1. The molecule has 0 aliphatic heterocycles. The van der Waals surface area contributed by atoms with Crippen LogP contribution < -0.4 is 11.3 Å². The van der Waals surface area contributed by atoms with Crippen molar-refractivity contribution in [1.82, 2.24) is 5.43 Å². The van der Waals surface area contributed by atoms with Gasteiger partial charge in [-0.25, -0.2) is 5.84 Å². The highest BCUT2D eigenvalue weighted by molar-refractivity contribution is 5.77. The van der Waals surface area contributed by atoms with E-state index in [1.54, 1.807) is 0 Å². The number of nitrogens with one attached hydrogen (secondary N) is 1. The van der Waals surface area contributed by atoms with Gasteiger partial charge in [-0.1, -0.05) is 57.4 Å². The van der Waals surface area contributed by atoms with E-state index in [-0.39, 0.29) is 5.91 Å². The fraction of sp³-hybridized carbons (Fsp3) is 0.588. The first-order chi connectivity index (χ1) is 10.2. The largest absolute Gasteiger partial charge is 0.376 e. The lowest BCUT2D eigenvalue weighted by atomic mass is 10.0. The van der Waals surface area contributed by atoms with Crippen LogP contribution in [0.5, 0.6) is 0 Å². The molecule has 1 aromatic carbocycles. The molecule has 0 heterocycles. The zero-order valence-electron chi connectivity index (χ0n) is 13.2. The Morgan fingerprint density at radius 1 is 1.24 bits per heavy atom. The van der Waals surface area contributed by atoms with Crippen LogP contribution in [0.15, 0.2) is 24.3 Å². The van der Waals surface area contributed by atoms with Crippen molar-refractivity contribution in [3.05, 3.63) is 35.4 Å². The monoisotopic (exact) mass is 292 g/mol. The molecule has 1 rings (SSSR count). The third kappa shape index (κ3) is 7.25. The van der Waals surface area contributed by atoms with Crippen LogP contribution in [0.25, 0.3) is 0 Å². The van der Waals surface area contributed by atoms with Crippen molar-refractivity contribution in [3.8, 4) is 0 Å². The molecule has 1 aromatic rings. The van der Waals surface area contributed by atoms with Gasteiger partial charge in [0.25, 0.3) is 0 Å². The van der Waals surface area contributed by atoms with Crippen molar-refractivity contribution >= 4 is 5.91 Å². The summed E-state index contributed by atoms with van der Waals surface area (Å²) in [6.07, 6.45) is 5.26. The second-order valence-corrected chi connectivity index (χ2v) is 5.49. The van der Waals surface area contributed by atoms with Crippen LogP contribution >= 0.6 is 0 Å². The summed E-state index contributed by atoms with van der Waals surface area (Å²) in [5.41, 5.74) is 4.23. The molecule has 0 spiro atoms. The minimum atomic E-state index is -0.180. The SMILES string of the molecule is CCCCC(CC)COCc1ccc(CC(=O)NN)cc1. The number of hydrogen-bond donors (Lipinski definition) is 2. The zero-order chi connectivity index (χ0) is 15.5. The van der Waals surface area contributed by atoms with Gasteiger partial charge < -0.3 is 4.74 Å². The fourth-order valence-electron chi connectivity index (χ4n) is 2.23. The summed E-state index contributed by atoms with van der Waals surface area (Å²) in [4.78, 5) is 11.2. The highest BCUT2D eigenvalue weighted by Crippen LogP contribution is 2.14. The van der Waals surface area contributed by atoms with Gasteiger partial charge in [0.15, 0.2) is 0 Å². The molecule has 0 saturated carbocycles. The maximum atomic E-state index is 11.2. The van der Waals surface area contributed by atoms with E-state index in [1.165, 1.54) is 25.7 Å². The predicted octanol–water partition coefficient (Wildman–Crippen LogP) is 2.95. The highest BCUT2D eigenvalue weighted by Gasteiger charge is 2.06. The van der Waals surface area contributed by atoms with Gasteiger partial charge in [-0.05, 0) is 23.5 Å². The van der Waals surface area contributed by atoms with E-state index in [4.69, 9.17) is 10.6 Å². The van der Waals surface area contributed by atoms with Crippen LogP contribution in [-0.2, 0) is 22.6 Å². The van der Waals surface area contributed by atoms with E-state index in [1.807, 2.05) is 24.3 Å². The predicted molar refractivity (Wildman–Crippen MR) is 85.4 cm³/mol. The van der Waals surface area contributed by atoms with Crippen LogP contribution in [0.3, 0.4) is 0 Å². The van der Waals surface area contributed by atoms with Crippen LogP contribution in [0.4, 0.5) is 0 Å². The van der Waals surface area contributed by atoms with Crippen molar-refractivity contribution < 1.29 is 9.53 Å². The molecule has 1 atom stereocenters. The Hall–Kier alpha value is -1.39. The Morgan fingerprint density at radius 2 is 1.90 bits per heavy atom. The quantitative estimate of drug-likeness (QED) is 0.396. The average Bonchev–Trinajstić information content (AvgIpc) is 2.52. The third-order valence-electron chi connectivity index (χ3n) is 3.71. The van der Waals surface area contributed by atoms with Gasteiger partial charge in [0.05, 0.1) is 13.0 Å². The lowest BCUT2D eigenvalue weighted by Gasteiger charge is -2.14. The molecule has 0 aliphatic rings. The first-order valence-electron chi connectivity index (χ1n) is 7.84. The molecule has 1 amide bonds. The fourth-order valence-corrected chi connectivity index (χ4v) is 2.23. The topological polar surface area (TPSA) is 64.3 Å². The van der Waals surface area contributed by atoms with Gasteiger partial charge >= 0.3 is 0 Å². The molecular weight excluding hydrogens is 264 g/mol. The molecule has 0 aromatic heterocycles. The summed E-state index contributed by atoms with van der Waals surface area (Å²) < 4.78 is 5.81. The van der Waals surface area contributed by atoms with Gasteiger partial charge in [-0.3, -0.25) is 10.2 Å². The normalized spacial score (nSPS) is 12.1.